The summed E-state index contributed by atoms with van der Waals surface area (Å²) in [4.78, 5) is 17.0. The lowest BCUT2D eigenvalue weighted by Gasteiger charge is -2.26. The second kappa shape index (κ2) is 12.3. The lowest BCUT2D eigenvalue weighted by atomic mass is 10.2. The number of hydrogen-bond donors (Lipinski definition) is 2. The van der Waals surface area contributed by atoms with Crippen LogP contribution in [0, 0.1) is 6.92 Å². The van der Waals surface area contributed by atoms with Crippen molar-refractivity contribution in [2.75, 3.05) is 35.1 Å². The Morgan fingerprint density at radius 2 is 1.54 bits per heavy atom. The Hall–Kier alpha value is -4.62. The maximum Gasteiger partial charge on any atom is 0.264 e. The van der Waals surface area contributed by atoms with Crippen molar-refractivity contribution < 1.29 is 31.1 Å². The number of ether oxygens (including phenoxy) is 2. The van der Waals surface area contributed by atoms with Gasteiger partial charge in [0.1, 0.15) is 18.0 Å². The quantitative estimate of drug-likeness (QED) is 0.264. The Labute approximate surface area is 238 Å². The summed E-state index contributed by atoms with van der Waals surface area (Å²) in [6, 6.07) is 19.5. The van der Waals surface area contributed by atoms with Gasteiger partial charge in [-0.15, -0.1) is 0 Å². The second-order valence-electron chi connectivity index (χ2n) is 8.78. The summed E-state index contributed by atoms with van der Waals surface area (Å²) in [7, 11) is -5.30. The van der Waals surface area contributed by atoms with Crippen molar-refractivity contribution in [3.05, 3.63) is 96.8 Å². The smallest absolute Gasteiger partial charge is 0.264 e. The number of carbonyl (C=O) groups excluding carboxylic acids is 1. The first-order chi connectivity index (χ1) is 19.5. The minimum Gasteiger partial charge on any atom is -0.497 e. The van der Waals surface area contributed by atoms with Gasteiger partial charge in [0, 0.05) is 18.0 Å². The van der Waals surface area contributed by atoms with E-state index in [-0.39, 0.29) is 26.9 Å². The van der Waals surface area contributed by atoms with Gasteiger partial charge in [-0.1, -0.05) is 17.7 Å². The zero-order valence-electron chi connectivity index (χ0n) is 22.4. The molecule has 214 valence electrons. The van der Waals surface area contributed by atoms with E-state index in [0.29, 0.717) is 11.4 Å². The van der Waals surface area contributed by atoms with Crippen molar-refractivity contribution in [3.63, 3.8) is 0 Å². The van der Waals surface area contributed by atoms with Crippen LogP contribution < -0.4 is 23.8 Å². The van der Waals surface area contributed by atoms with E-state index in [0.717, 1.165) is 9.87 Å². The Kier molecular flexibility index (Phi) is 8.79. The van der Waals surface area contributed by atoms with E-state index in [9.17, 15) is 21.6 Å². The van der Waals surface area contributed by atoms with Crippen LogP contribution >= 0.6 is 0 Å². The third-order valence-corrected chi connectivity index (χ3v) is 9.08. The number of nitrogens with one attached hydrogen (secondary N) is 2. The van der Waals surface area contributed by atoms with Crippen LogP contribution in [0.5, 0.6) is 11.5 Å². The van der Waals surface area contributed by atoms with E-state index in [2.05, 4.69) is 15.0 Å². The average Bonchev–Trinajstić information content (AvgIpc) is 2.96. The molecule has 1 aromatic heterocycles. The summed E-state index contributed by atoms with van der Waals surface area (Å²) in [5.74, 6) is -0.0957. The number of pyridine rings is 1. The number of sulfonamides is 2. The fourth-order valence-electron chi connectivity index (χ4n) is 3.81. The van der Waals surface area contributed by atoms with E-state index >= 15 is 0 Å². The zero-order valence-corrected chi connectivity index (χ0v) is 24.1. The molecule has 0 unspecified atom stereocenters. The maximum atomic E-state index is 13.8. The first-order valence-corrected chi connectivity index (χ1v) is 15.1. The average molecular weight is 597 g/mol. The highest BCUT2D eigenvalue weighted by molar-refractivity contribution is 7.93. The number of amides is 1. The topological polar surface area (TPSA) is 144 Å². The molecule has 0 radical (unpaired) electrons. The number of rotatable bonds is 11. The molecular weight excluding hydrogens is 568 g/mol. The van der Waals surface area contributed by atoms with Gasteiger partial charge >= 0.3 is 0 Å². The minimum absolute atomic E-state index is 0.0172. The molecule has 11 nitrogen and oxygen atoms in total. The number of anilines is 3. The molecule has 0 spiro atoms. The predicted molar refractivity (Wildman–Crippen MR) is 155 cm³/mol. The van der Waals surface area contributed by atoms with Gasteiger partial charge in [-0.25, -0.2) is 16.8 Å². The van der Waals surface area contributed by atoms with Crippen LogP contribution in [0.15, 0.2) is 101 Å². The van der Waals surface area contributed by atoms with Crippen molar-refractivity contribution in [2.45, 2.75) is 16.7 Å². The molecule has 0 aliphatic rings. The molecule has 1 heterocycles. The van der Waals surface area contributed by atoms with E-state index in [1.807, 2.05) is 6.92 Å². The number of aryl methyl sites for hydroxylation is 1. The number of benzene rings is 3. The number of nitrogens with zero attached hydrogens (tertiary/aromatic N) is 2. The summed E-state index contributed by atoms with van der Waals surface area (Å²) >= 11 is 0. The van der Waals surface area contributed by atoms with Crippen LogP contribution in [0.3, 0.4) is 0 Å². The highest BCUT2D eigenvalue weighted by Crippen LogP contribution is 2.35. The Bertz CT molecular complexity index is 1730. The predicted octanol–water partition coefficient (Wildman–Crippen LogP) is 4.04. The molecule has 0 saturated heterocycles. The van der Waals surface area contributed by atoms with Gasteiger partial charge in [-0.2, -0.15) is 0 Å². The maximum absolute atomic E-state index is 13.8. The van der Waals surface area contributed by atoms with E-state index in [4.69, 9.17) is 9.47 Å². The molecule has 0 aliphatic heterocycles. The fraction of sp³-hybridized carbons (Fsp3) is 0.143. The molecule has 13 heteroatoms. The minimum atomic E-state index is -4.23. The highest BCUT2D eigenvalue weighted by Gasteiger charge is 2.30. The van der Waals surface area contributed by atoms with Gasteiger partial charge in [-0.3, -0.25) is 18.8 Å². The van der Waals surface area contributed by atoms with Gasteiger partial charge in [0.05, 0.1) is 41.6 Å². The van der Waals surface area contributed by atoms with Gasteiger partial charge in [0.2, 0.25) is 5.91 Å². The summed E-state index contributed by atoms with van der Waals surface area (Å²) in [5.41, 5.74) is 1.53. The van der Waals surface area contributed by atoms with Crippen LogP contribution in [0.1, 0.15) is 5.56 Å². The number of methoxy groups -OCH3 is 2. The van der Waals surface area contributed by atoms with Crippen molar-refractivity contribution in [1.82, 2.24) is 4.98 Å². The van der Waals surface area contributed by atoms with Crippen LogP contribution in [-0.4, -0.2) is 48.5 Å². The van der Waals surface area contributed by atoms with Crippen LogP contribution in [0.2, 0.25) is 0 Å². The molecule has 2 N–H and O–H groups in total. The number of hydrogen-bond acceptors (Lipinski definition) is 8. The van der Waals surface area contributed by atoms with Gasteiger partial charge < -0.3 is 14.8 Å². The standard InChI is InChI=1S/C28H28N4O7S2/c1-20-6-11-25(12-7-20)41(36,37)32(26-17-23(38-2)10-15-27(26)39-3)19-28(33)30-21-8-13-24(14-9-21)40(34,35)31-22-5-4-16-29-18-22/h4-18,31H,19H2,1-3H3,(H,30,33). The summed E-state index contributed by atoms with van der Waals surface area (Å²) < 4.78 is 67.0. The molecule has 41 heavy (non-hydrogen) atoms. The van der Waals surface area contributed by atoms with Crippen molar-refractivity contribution in [3.8, 4) is 11.5 Å². The lowest BCUT2D eigenvalue weighted by molar-refractivity contribution is -0.114. The third kappa shape index (κ3) is 6.94. The molecule has 4 aromatic rings. The molecule has 0 fully saturated rings. The van der Waals surface area contributed by atoms with Crippen molar-refractivity contribution in [1.29, 1.82) is 0 Å². The fourth-order valence-corrected chi connectivity index (χ4v) is 6.28. The molecule has 0 bridgehead atoms. The summed E-state index contributed by atoms with van der Waals surface area (Å²) in [5, 5.41) is 2.63. The highest BCUT2D eigenvalue weighted by atomic mass is 32.2. The first-order valence-electron chi connectivity index (χ1n) is 12.2. The summed E-state index contributed by atoms with van der Waals surface area (Å²) in [6.07, 6.45) is 2.90. The molecule has 1 amide bonds. The van der Waals surface area contributed by atoms with Crippen LogP contribution in [0.4, 0.5) is 17.1 Å². The molecule has 0 saturated carbocycles. The molecule has 4 rings (SSSR count). The van der Waals surface area contributed by atoms with Gasteiger partial charge in [-0.05, 0) is 67.6 Å². The first kappa shape index (κ1) is 29.4. The largest absolute Gasteiger partial charge is 0.497 e. The van der Waals surface area contributed by atoms with Crippen LogP contribution in [0.25, 0.3) is 0 Å². The third-order valence-electron chi connectivity index (χ3n) is 5.91. The zero-order chi connectivity index (χ0) is 29.6. The molecule has 3 aromatic carbocycles. The van der Waals surface area contributed by atoms with Crippen molar-refractivity contribution >= 4 is 43.0 Å². The van der Waals surface area contributed by atoms with E-state index < -0.39 is 32.5 Å². The van der Waals surface area contributed by atoms with Gasteiger partial charge in [0.25, 0.3) is 20.0 Å². The monoisotopic (exact) mass is 596 g/mol. The van der Waals surface area contributed by atoms with Crippen LogP contribution in [-0.2, 0) is 24.8 Å². The Morgan fingerprint density at radius 1 is 0.854 bits per heavy atom. The Morgan fingerprint density at radius 3 is 2.15 bits per heavy atom. The normalized spacial score (nSPS) is 11.4. The van der Waals surface area contributed by atoms with Gasteiger partial charge in [0.15, 0.2) is 0 Å². The molecular formula is C28H28N4O7S2. The number of aromatic nitrogens is 1. The van der Waals surface area contributed by atoms with Crippen molar-refractivity contribution in [2.24, 2.45) is 0 Å². The lowest BCUT2D eigenvalue weighted by Crippen LogP contribution is -2.38. The number of carbonyl (C=O) groups is 1. The Balaban J connectivity index is 1.60. The molecule has 0 aliphatic carbocycles. The van der Waals surface area contributed by atoms with E-state index in [1.54, 1.807) is 36.4 Å². The SMILES string of the molecule is COc1ccc(OC)c(N(CC(=O)Nc2ccc(S(=O)(=O)Nc3cccnc3)cc2)S(=O)(=O)c2ccc(C)cc2)c1. The molecule has 0 atom stereocenters. The van der Waals surface area contributed by atoms with E-state index in [1.165, 1.54) is 69.1 Å². The second-order valence-corrected chi connectivity index (χ2v) is 12.3. The summed E-state index contributed by atoms with van der Waals surface area (Å²) in [6.45, 7) is 1.22.